The maximum Gasteiger partial charge on any atom is 0.114 e. The quantitative estimate of drug-likeness (QED) is 0.101. The Bertz CT molecular complexity index is 1670. The lowest BCUT2D eigenvalue weighted by atomic mass is 9.96. The molecule has 9 aliphatic heterocycles. The first-order valence-electron chi connectivity index (χ1n) is 36.5. The van der Waals surface area contributed by atoms with E-state index in [2.05, 4.69) is 0 Å². The topological polar surface area (TPSA) is 474 Å². The minimum absolute atomic E-state index is 0.655. The zero-order chi connectivity index (χ0) is 75.7. The van der Waals surface area contributed by atoms with Crippen molar-refractivity contribution in [3.63, 3.8) is 0 Å². The van der Waals surface area contributed by atoms with E-state index in [0.717, 1.165) is 237 Å². The summed E-state index contributed by atoms with van der Waals surface area (Å²) in [6.07, 6.45) is -5.43. The van der Waals surface area contributed by atoms with Gasteiger partial charge in [-0.1, -0.05) is 0 Å². The minimum atomic E-state index is -2.97. The number of carboxylic acids is 6. The fraction of sp³-hybridized carbons (Fsp3) is 0.909. The molecule has 9 aliphatic rings. The maximum atomic E-state index is 10.1. The van der Waals surface area contributed by atoms with Crippen LogP contribution in [0.1, 0.15) is 25.7 Å². The molecule has 0 saturated carbocycles. The molecule has 0 atom stereocenters. The van der Waals surface area contributed by atoms with Gasteiger partial charge in [0.15, 0.2) is 0 Å². The van der Waals surface area contributed by atoms with Crippen molar-refractivity contribution in [1.82, 2.24) is 0 Å². The van der Waals surface area contributed by atoms with Crippen molar-refractivity contribution in [2.75, 3.05) is 356 Å². The van der Waals surface area contributed by atoms with Gasteiger partial charge in [0.1, 0.15) is 129 Å². The minimum Gasteiger partial charge on any atom is -0.550 e. The van der Waals surface area contributed by atoms with Gasteiger partial charge in [0.25, 0.3) is 0 Å². The van der Waals surface area contributed by atoms with Crippen LogP contribution < -0.4 is 60.0 Å². The van der Waals surface area contributed by atoms with Gasteiger partial charge >= 0.3 is 0 Å². The van der Waals surface area contributed by atoms with Crippen molar-refractivity contribution in [1.29, 1.82) is 0 Å². The molecule has 0 amide bonds. The maximum absolute atomic E-state index is 10.1. The standard InChI is InChI=1S/3C18H36N2O6.2C6H8O7/c3*1-7-21-13-14-24-10-4-20-5-11-25-17-15-22-8-2-19(1)3-9-23-16-18-26-12-6-20;2*7-3(8)1-6(13,5(11)12)2-4(9)10/h3*1-18H2;2*13H,1-2H2,(H,7,8)(H,9,10)(H,11,12). The Hall–Kier alpha value is -4.22. The third kappa shape index (κ3) is 57.0. The summed E-state index contributed by atoms with van der Waals surface area (Å²) in [6.45, 7) is 42.3. The van der Waals surface area contributed by atoms with Crippen molar-refractivity contribution >= 4 is 35.8 Å². The molecule has 38 nitrogen and oxygen atoms in total. The number of carbonyl (C=O) groups is 6. The molecule has 8 N–H and O–H groups in total. The van der Waals surface area contributed by atoms with Gasteiger partial charge in [-0.15, -0.1) is 0 Å². The number of rotatable bonds is 10. The summed E-state index contributed by atoms with van der Waals surface area (Å²) in [4.78, 5) is 68.6. The second-order valence-corrected chi connectivity index (χ2v) is 24.9. The molecule has 104 heavy (non-hydrogen) atoms. The number of carbonyl (C=O) groups excluding carboxylic acids is 6. The molecule has 0 aromatic carbocycles. The predicted octanol–water partition coefficient (Wildman–Crippen LogP) is -19.9. The summed E-state index contributed by atoms with van der Waals surface area (Å²) in [5, 5.41) is 77.9. The monoisotopic (exact) mass is 1510 g/mol. The van der Waals surface area contributed by atoms with E-state index in [0.29, 0.717) is 119 Å². The number of hydrogen-bond donors (Lipinski definition) is 8. The highest BCUT2D eigenvalue weighted by atomic mass is 16.6. The molecule has 0 aromatic rings. The molecule has 610 valence electrons. The lowest BCUT2D eigenvalue weighted by Crippen LogP contribution is -3.13. The number of nitrogens with one attached hydrogen (secondary N) is 6. The molecule has 0 aliphatic carbocycles. The van der Waals surface area contributed by atoms with Crippen LogP contribution >= 0.6 is 0 Å². The van der Waals surface area contributed by atoms with Gasteiger partial charge < -0.3 is 184 Å². The first kappa shape index (κ1) is 95.9. The molecule has 0 spiro atoms. The molecule has 0 unspecified atom stereocenters. The van der Waals surface area contributed by atoms with Crippen molar-refractivity contribution in [3.05, 3.63) is 0 Å². The predicted molar refractivity (Wildman–Crippen MR) is 347 cm³/mol. The van der Waals surface area contributed by atoms with Crippen molar-refractivity contribution in [2.24, 2.45) is 0 Å². The lowest BCUT2D eigenvalue weighted by Gasteiger charge is -2.29. The molecule has 0 radical (unpaired) electrons. The molecule has 9 saturated heterocycles. The number of quaternary nitrogens is 6. The van der Waals surface area contributed by atoms with Crippen LogP contribution in [0.3, 0.4) is 0 Å². The van der Waals surface area contributed by atoms with Crippen LogP contribution in [-0.4, -0.2) is 413 Å². The van der Waals surface area contributed by atoms with Crippen molar-refractivity contribution in [3.8, 4) is 0 Å². The Kier molecular flexibility index (Phi) is 60.7. The summed E-state index contributed by atoms with van der Waals surface area (Å²) < 4.78 is 103. The van der Waals surface area contributed by atoms with Gasteiger partial charge in [-0.2, -0.15) is 0 Å². The van der Waals surface area contributed by atoms with E-state index in [9.17, 15) is 59.4 Å². The van der Waals surface area contributed by atoms with Crippen LogP contribution in [0.5, 0.6) is 0 Å². The molecular weight excluding hydrogens is 1390 g/mol. The molecule has 9 rings (SSSR count). The average molecular weight is 1510 g/mol. The summed E-state index contributed by atoms with van der Waals surface area (Å²) in [5.41, 5.74) is -5.95. The number of aliphatic carboxylic acids is 6. The fourth-order valence-corrected chi connectivity index (χ4v) is 10.4. The first-order valence-corrected chi connectivity index (χ1v) is 36.5. The largest absolute Gasteiger partial charge is 0.550 e. The van der Waals surface area contributed by atoms with E-state index in [1.54, 1.807) is 0 Å². The number of aliphatic hydroxyl groups is 2. The number of fused-ring (bicyclic) bond motifs is 63. The van der Waals surface area contributed by atoms with Crippen LogP contribution in [0, 0.1) is 0 Å². The van der Waals surface area contributed by atoms with Gasteiger partial charge in [-0.3, -0.25) is 0 Å². The van der Waals surface area contributed by atoms with E-state index in [1.165, 1.54) is 29.4 Å². The van der Waals surface area contributed by atoms with Gasteiger partial charge in [0.2, 0.25) is 0 Å². The summed E-state index contributed by atoms with van der Waals surface area (Å²) in [7, 11) is 0. The van der Waals surface area contributed by atoms with Crippen LogP contribution in [0.15, 0.2) is 0 Å². The Morgan fingerprint density at radius 2 is 0.279 bits per heavy atom. The second kappa shape index (κ2) is 65.8. The Labute approximate surface area is 610 Å². The number of hydrogen-bond acceptors (Lipinski definition) is 32. The van der Waals surface area contributed by atoms with E-state index in [1.807, 2.05) is 0 Å². The number of ether oxygens (including phenoxy) is 18. The highest BCUT2D eigenvalue weighted by Gasteiger charge is 2.30. The first-order chi connectivity index (χ1) is 50.4. The summed E-state index contributed by atoms with van der Waals surface area (Å²) in [6, 6.07) is 0. The molecule has 9 fully saturated rings. The highest BCUT2D eigenvalue weighted by molar-refractivity contribution is 5.86. The normalized spacial score (nSPS) is 25.6. The van der Waals surface area contributed by atoms with Crippen LogP contribution in [0.2, 0.25) is 0 Å². The van der Waals surface area contributed by atoms with Gasteiger partial charge in [-0.25, -0.2) is 0 Å². The fourth-order valence-electron chi connectivity index (χ4n) is 10.4. The summed E-state index contributed by atoms with van der Waals surface area (Å²) >= 11 is 0. The van der Waals surface area contributed by atoms with E-state index in [-0.39, 0.29) is 0 Å². The van der Waals surface area contributed by atoms with Gasteiger partial charge in [0, 0.05) is 49.6 Å². The molecular formula is C66H124N6O32. The smallest absolute Gasteiger partial charge is 0.114 e. The van der Waals surface area contributed by atoms with Crippen molar-refractivity contribution < 1.29 is 184 Å². The molecule has 9 heterocycles. The van der Waals surface area contributed by atoms with Crippen LogP contribution in [-0.2, 0) is 114 Å². The van der Waals surface area contributed by atoms with E-state index in [4.69, 9.17) is 95.5 Å². The van der Waals surface area contributed by atoms with Gasteiger partial charge in [0.05, 0.1) is 250 Å². The highest BCUT2D eigenvalue weighted by Crippen LogP contribution is 2.14. The Balaban J connectivity index is 0.000000456. The third-order valence-electron chi connectivity index (χ3n) is 16.7. The van der Waals surface area contributed by atoms with E-state index < -0.39 is 72.7 Å². The van der Waals surface area contributed by atoms with Crippen LogP contribution in [0.25, 0.3) is 0 Å². The Morgan fingerprint density at radius 1 is 0.192 bits per heavy atom. The number of carboxylic acid groups (broad SMARTS) is 6. The van der Waals surface area contributed by atoms with Gasteiger partial charge in [-0.05, 0) is 0 Å². The molecule has 0 aromatic heterocycles. The average Bonchev–Trinajstić information content (AvgIpc) is 0.912. The van der Waals surface area contributed by atoms with Crippen molar-refractivity contribution in [2.45, 2.75) is 36.9 Å². The van der Waals surface area contributed by atoms with E-state index >= 15 is 0 Å². The molecule has 6 bridgehead atoms. The Morgan fingerprint density at radius 3 is 0.346 bits per heavy atom. The molecule has 38 heteroatoms. The zero-order valence-electron chi connectivity index (χ0n) is 61.2. The third-order valence-corrected chi connectivity index (χ3v) is 16.7. The summed E-state index contributed by atoms with van der Waals surface area (Å²) in [5.74, 6) is -12.0. The van der Waals surface area contributed by atoms with Crippen LogP contribution in [0.4, 0.5) is 0 Å². The zero-order valence-corrected chi connectivity index (χ0v) is 61.2. The SMILES string of the molecule is C1COCC[NH+]2CCOCCOCC[NH+](CCO1)CCOCCOCC2.C1COCC[NH+]2CCOCCOCC[NH+](CCO1)CCOCCOCC2.C1COCC[NH+]2CCOCCOCC[NH+](CCO1)CCOCCOCC2.O=C([O-])CC(O)(CC(=O)[O-])C(=O)[O-].O=C([O-])CC(O)(CC(=O)[O-])C(=O)[O-]. The second-order valence-electron chi connectivity index (χ2n) is 24.9. The lowest BCUT2D eigenvalue weighted by molar-refractivity contribution is -0.902.